The van der Waals surface area contributed by atoms with E-state index in [4.69, 9.17) is 4.74 Å². The van der Waals surface area contributed by atoms with E-state index in [1.165, 1.54) is 17.8 Å². The molecule has 9 heteroatoms. The number of anilines is 4. The van der Waals surface area contributed by atoms with Gasteiger partial charge in [-0.2, -0.15) is 0 Å². The summed E-state index contributed by atoms with van der Waals surface area (Å²) in [5.41, 5.74) is 3.95. The molecule has 5 rings (SSSR count). The predicted molar refractivity (Wildman–Crippen MR) is 154 cm³/mol. The van der Waals surface area contributed by atoms with Crippen molar-refractivity contribution in [3.8, 4) is 11.1 Å². The zero-order valence-corrected chi connectivity index (χ0v) is 21.9. The Labute approximate surface area is 227 Å². The van der Waals surface area contributed by atoms with Gasteiger partial charge in [0.1, 0.15) is 5.82 Å². The normalized spacial score (nSPS) is 13.8. The summed E-state index contributed by atoms with van der Waals surface area (Å²) in [7, 11) is 1.73. The predicted octanol–water partition coefficient (Wildman–Crippen LogP) is 5.07. The van der Waals surface area contributed by atoms with Crippen molar-refractivity contribution in [1.29, 1.82) is 0 Å². The minimum absolute atomic E-state index is 0.338. The highest BCUT2D eigenvalue weighted by Crippen LogP contribution is 2.32. The van der Waals surface area contributed by atoms with E-state index in [2.05, 4.69) is 49.1 Å². The molecule has 0 bridgehead atoms. The van der Waals surface area contributed by atoms with Gasteiger partial charge in [-0.1, -0.05) is 18.7 Å². The zero-order valence-electron chi connectivity index (χ0n) is 21.9. The summed E-state index contributed by atoms with van der Waals surface area (Å²) in [5.74, 6) is -0.384. The van der Waals surface area contributed by atoms with Gasteiger partial charge in [0.25, 0.3) is 0 Å². The molecule has 1 saturated heterocycles. The summed E-state index contributed by atoms with van der Waals surface area (Å²) >= 11 is 0. The second-order valence-electron chi connectivity index (χ2n) is 9.32. The Morgan fingerprint density at radius 3 is 2.62 bits per heavy atom. The Hall–Kier alpha value is -4.34. The van der Waals surface area contributed by atoms with Crippen LogP contribution in [0.25, 0.3) is 22.0 Å². The average Bonchev–Trinajstić information content (AvgIpc) is 2.97. The van der Waals surface area contributed by atoms with E-state index in [9.17, 15) is 4.79 Å². The van der Waals surface area contributed by atoms with Crippen molar-refractivity contribution >= 4 is 39.8 Å². The highest BCUT2D eigenvalue weighted by molar-refractivity contribution is 6.00. The number of piperazine rings is 1. The van der Waals surface area contributed by atoms with E-state index >= 15 is 4.39 Å². The highest BCUT2D eigenvalue weighted by Gasteiger charge is 2.17. The summed E-state index contributed by atoms with van der Waals surface area (Å²) in [4.78, 5) is 25.6. The number of hydrogen-bond donors (Lipinski definition) is 2. The molecule has 0 aliphatic carbocycles. The molecule has 0 saturated carbocycles. The van der Waals surface area contributed by atoms with E-state index in [0.717, 1.165) is 45.0 Å². The van der Waals surface area contributed by atoms with E-state index < -0.39 is 5.82 Å². The Balaban J connectivity index is 1.34. The number of ether oxygens (including phenoxy) is 1. The number of fused-ring (bicyclic) bond motifs is 1. The number of amides is 1. The molecule has 2 N–H and O–H groups in total. The van der Waals surface area contributed by atoms with Gasteiger partial charge in [-0.15, -0.1) is 0 Å². The third-order valence-corrected chi connectivity index (χ3v) is 6.78. The van der Waals surface area contributed by atoms with Gasteiger partial charge in [0.2, 0.25) is 11.9 Å². The van der Waals surface area contributed by atoms with Crippen LogP contribution in [-0.2, 0) is 9.53 Å². The number of hydrogen-bond acceptors (Lipinski definition) is 7. The topological polar surface area (TPSA) is 82.6 Å². The lowest BCUT2D eigenvalue weighted by Gasteiger charge is -2.36. The minimum atomic E-state index is -0.411. The summed E-state index contributed by atoms with van der Waals surface area (Å²) in [6.45, 7) is 9.15. The van der Waals surface area contributed by atoms with E-state index in [0.29, 0.717) is 33.7 Å². The molecule has 0 atom stereocenters. The van der Waals surface area contributed by atoms with Crippen molar-refractivity contribution < 1.29 is 13.9 Å². The maximum atomic E-state index is 15.1. The van der Waals surface area contributed by atoms with Crippen LogP contribution < -0.4 is 15.5 Å². The lowest BCUT2D eigenvalue weighted by atomic mass is 10.0. The van der Waals surface area contributed by atoms with Crippen LogP contribution in [0.3, 0.4) is 0 Å². The molecule has 3 aromatic carbocycles. The number of carbonyl (C=O) groups excluding carboxylic acids is 1. The molecule has 1 aromatic heterocycles. The Kier molecular flexibility index (Phi) is 8.10. The second-order valence-corrected chi connectivity index (χ2v) is 9.32. The number of halogens is 1. The molecular weight excluding hydrogens is 495 g/mol. The lowest BCUT2D eigenvalue weighted by Crippen LogP contribution is -2.47. The number of nitrogens with one attached hydrogen (secondary N) is 2. The van der Waals surface area contributed by atoms with Crippen LogP contribution in [0.2, 0.25) is 0 Å². The van der Waals surface area contributed by atoms with Crippen LogP contribution >= 0.6 is 0 Å². The molecule has 0 spiro atoms. The molecule has 2 heterocycles. The summed E-state index contributed by atoms with van der Waals surface area (Å²) < 4.78 is 20.3. The second kappa shape index (κ2) is 12.0. The maximum Gasteiger partial charge on any atom is 0.247 e. The molecule has 39 heavy (non-hydrogen) atoms. The quantitative estimate of drug-likeness (QED) is 0.295. The van der Waals surface area contributed by atoms with Gasteiger partial charge in [0, 0.05) is 74.0 Å². The van der Waals surface area contributed by atoms with Crippen LogP contribution in [0.1, 0.15) is 0 Å². The monoisotopic (exact) mass is 526 g/mol. The minimum Gasteiger partial charge on any atom is -0.383 e. The number of carbonyl (C=O) groups is 1. The number of benzene rings is 3. The van der Waals surface area contributed by atoms with E-state index in [1.807, 2.05) is 12.1 Å². The molecule has 0 radical (unpaired) electrons. The molecule has 200 valence electrons. The van der Waals surface area contributed by atoms with E-state index in [1.54, 1.807) is 43.6 Å². The van der Waals surface area contributed by atoms with Crippen molar-refractivity contribution in [3.05, 3.63) is 85.3 Å². The molecule has 8 nitrogen and oxygen atoms in total. The van der Waals surface area contributed by atoms with Crippen LogP contribution in [0.4, 0.5) is 27.4 Å². The summed E-state index contributed by atoms with van der Waals surface area (Å²) in [6, 6.07) is 18.2. The number of nitrogens with zero attached hydrogens (tertiary/aromatic N) is 4. The Morgan fingerprint density at radius 2 is 1.87 bits per heavy atom. The maximum absolute atomic E-state index is 15.1. The molecule has 0 unspecified atom stereocenters. The van der Waals surface area contributed by atoms with Gasteiger partial charge in [-0.25, -0.2) is 14.4 Å². The van der Waals surface area contributed by atoms with Gasteiger partial charge in [0.05, 0.1) is 12.1 Å². The van der Waals surface area contributed by atoms with Crippen LogP contribution in [-0.4, -0.2) is 67.2 Å². The van der Waals surface area contributed by atoms with Gasteiger partial charge in [0.15, 0.2) is 0 Å². The van der Waals surface area contributed by atoms with Crippen LogP contribution in [0.5, 0.6) is 0 Å². The van der Waals surface area contributed by atoms with Gasteiger partial charge in [-0.3, -0.25) is 9.69 Å². The molecular formula is C30H31FN6O2. The Bertz CT molecular complexity index is 1470. The summed E-state index contributed by atoms with van der Waals surface area (Å²) in [5, 5.41) is 6.67. The van der Waals surface area contributed by atoms with Gasteiger partial charge in [-0.05, 0) is 60.2 Å². The van der Waals surface area contributed by atoms with Crippen LogP contribution in [0.15, 0.2) is 79.5 Å². The highest BCUT2D eigenvalue weighted by atomic mass is 19.1. The third-order valence-electron chi connectivity index (χ3n) is 6.78. The first-order valence-electron chi connectivity index (χ1n) is 12.9. The fourth-order valence-corrected chi connectivity index (χ4v) is 4.69. The van der Waals surface area contributed by atoms with Crippen molar-refractivity contribution in [2.75, 3.05) is 62.0 Å². The molecule has 4 aromatic rings. The SMILES string of the molecule is C=CC(=O)Nc1cccc(-c2c(F)ccc3cnc(Nc4ccc(N5CCN(CCOC)CC5)cc4)nc23)c1. The fraction of sp³-hybridized carbons (Fsp3) is 0.233. The van der Waals surface area contributed by atoms with Crippen molar-refractivity contribution in [2.45, 2.75) is 0 Å². The molecule has 1 aliphatic heterocycles. The molecule has 1 fully saturated rings. The molecule has 1 amide bonds. The Morgan fingerprint density at radius 1 is 1.08 bits per heavy atom. The van der Waals surface area contributed by atoms with Gasteiger partial charge >= 0.3 is 0 Å². The fourth-order valence-electron chi connectivity index (χ4n) is 4.69. The van der Waals surface area contributed by atoms with Crippen molar-refractivity contribution in [2.24, 2.45) is 0 Å². The zero-order chi connectivity index (χ0) is 27.2. The van der Waals surface area contributed by atoms with Crippen LogP contribution in [0, 0.1) is 5.82 Å². The third kappa shape index (κ3) is 6.22. The van der Waals surface area contributed by atoms with Gasteiger partial charge < -0.3 is 20.3 Å². The largest absolute Gasteiger partial charge is 0.383 e. The molecule has 1 aliphatic rings. The number of rotatable bonds is 9. The number of methoxy groups -OCH3 is 1. The van der Waals surface area contributed by atoms with Crippen molar-refractivity contribution in [1.82, 2.24) is 14.9 Å². The van der Waals surface area contributed by atoms with E-state index in [-0.39, 0.29) is 5.91 Å². The lowest BCUT2D eigenvalue weighted by molar-refractivity contribution is -0.111. The first-order valence-corrected chi connectivity index (χ1v) is 12.9. The average molecular weight is 527 g/mol. The first kappa shape index (κ1) is 26.3. The standard InChI is InChI=1S/C30H31FN6O2/c1-3-27(38)33-24-6-4-5-21(19-24)28-26(31)12-7-22-20-32-30(35-29(22)28)34-23-8-10-25(11-9-23)37-15-13-36(14-16-37)17-18-39-2/h3-12,19-20H,1,13-18H2,2H3,(H,33,38)(H,32,34,35). The smallest absolute Gasteiger partial charge is 0.247 e. The van der Waals surface area contributed by atoms with Crippen molar-refractivity contribution in [3.63, 3.8) is 0 Å². The summed E-state index contributed by atoms with van der Waals surface area (Å²) in [6.07, 6.45) is 2.86. The number of aromatic nitrogens is 2. The first-order chi connectivity index (χ1) is 19.0.